The monoisotopic (exact) mass is 277 g/mol. The summed E-state index contributed by atoms with van der Waals surface area (Å²) in [7, 11) is 1.99. The minimum atomic E-state index is -0.302. The summed E-state index contributed by atoms with van der Waals surface area (Å²) < 4.78 is 5.09. The zero-order valence-corrected chi connectivity index (χ0v) is 12.3. The predicted molar refractivity (Wildman–Crippen MR) is 79.1 cm³/mol. The lowest BCUT2D eigenvalue weighted by Gasteiger charge is -2.29. The minimum absolute atomic E-state index is 0.302. The molecule has 1 aliphatic heterocycles. The molecule has 1 fully saturated rings. The molecule has 1 saturated heterocycles. The highest BCUT2D eigenvalue weighted by Gasteiger charge is 2.20. The molecule has 0 radical (unpaired) electrons. The van der Waals surface area contributed by atoms with E-state index in [1.54, 1.807) is 18.3 Å². The van der Waals surface area contributed by atoms with Crippen LogP contribution in [0, 0.1) is 5.92 Å². The van der Waals surface area contributed by atoms with E-state index in [0.29, 0.717) is 23.9 Å². The second-order valence-corrected chi connectivity index (χ2v) is 5.19. The molecule has 0 aromatic carbocycles. The van der Waals surface area contributed by atoms with Gasteiger partial charge in [-0.15, -0.1) is 0 Å². The maximum absolute atomic E-state index is 12.0. The fourth-order valence-electron chi connectivity index (χ4n) is 2.62. The second kappa shape index (κ2) is 7.24. The number of hydrogen-bond acceptors (Lipinski definition) is 5. The Bertz CT molecular complexity index is 444. The molecule has 0 saturated carbocycles. The van der Waals surface area contributed by atoms with Gasteiger partial charge in [-0.05, 0) is 50.9 Å². The van der Waals surface area contributed by atoms with Crippen molar-refractivity contribution in [3.63, 3.8) is 0 Å². The Balaban J connectivity index is 2.08. The quantitative estimate of drug-likeness (QED) is 0.830. The predicted octanol–water partition coefficient (Wildman–Crippen LogP) is 1.69. The third kappa shape index (κ3) is 3.70. The molecular formula is C15H23N3O2. The summed E-state index contributed by atoms with van der Waals surface area (Å²) in [6, 6.07) is 3.54. The van der Waals surface area contributed by atoms with E-state index in [4.69, 9.17) is 4.74 Å². The van der Waals surface area contributed by atoms with Gasteiger partial charge in [0.15, 0.2) is 0 Å². The lowest BCUT2D eigenvalue weighted by Crippen LogP contribution is -2.37. The number of esters is 1. The van der Waals surface area contributed by atoms with Crippen LogP contribution in [0.4, 0.5) is 5.82 Å². The Morgan fingerprint density at radius 1 is 1.60 bits per heavy atom. The van der Waals surface area contributed by atoms with Gasteiger partial charge < -0.3 is 15.0 Å². The van der Waals surface area contributed by atoms with Crippen LogP contribution >= 0.6 is 0 Å². The average molecular weight is 277 g/mol. The van der Waals surface area contributed by atoms with E-state index in [2.05, 4.69) is 15.2 Å². The average Bonchev–Trinajstić information content (AvgIpc) is 2.48. The van der Waals surface area contributed by atoms with E-state index >= 15 is 0 Å². The van der Waals surface area contributed by atoms with Crippen LogP contribution in [0.15, 0.2) is 18.3 Å². The molecule has 110 valence electrons. The molecule has 1 N–H and O–H groups in total. The van der Waals surface area contributed by atoms with Gasteiger partial charge in [-0.2, -0.15) is 0 Å². The van der Waals surface area contributed by atoms with Crippen molar-refractivity contribution in [2.45, 2.75) is 19.8 Å². The zero-order chi connectivity index (χ0) is 14.4. The largest absolute Gasteiger partial charge is 0.462 e. The van der Waals surface area contributed by atoms with Gasteiger partial charge >= 0.3 is 5.97 Å². The summed E-state index contributed by atoms with van der Waals surface area (Å²) in [6.45, 7) is 5.23. The summed E-state index contributed by atoms with van der Waals surface area (Å²) >= 11 is 0. The van der Waals surface area contributed by atoms with Gasteiger partial charge in [-0.1, -0.05) is 0 Å². The van der Waals surface area contributed by atoms with Crippen molar-refractivity contribution in [2.24, 2.45) is 5.92 Å². The Morgan fingerprint density at radius 3 is 3.15 bits per heavy atom. The van der Waals surface area contributed by atoms with Gasteiger partial charge in [0.1, 0.15) is 11.4 Å². The van der Waals surface area contributed by atoms with E-state index in [1.807, 2.05) is 14.0 Å². The number of carbonyl (C=O) groups excluding carboxylic acids is 1. The van der Waals surface area contributed by atoms with Gasteiger partial charge in [-0.25, -0.2) is 9.78 Å². The second-order valence-electron chi connectivity index (χ2n) is 5.19. The standard InChI is InChI=1S/C15H23N3O2/c1-3-20-15(19)13-7-5-9-17-14(13)18(2)11-12-6-4-8-16-10-12/h5,7,9,12,16H,3-4,6,8,10-11H2,1-2H3. The van der Waals surface area contributed by atoms with Crippen molar-refractivity contribution in [2.75, 3.05) is 38.2 Å². The van der Waals surface area contributed by atoms with Crippen LogP contribution in [0.5, 0.6) is 0 Å². The zero-order valence-electron chi connectivity index (χ0n) is 12.3. The number of anilines is 1. The van der Waals surface area contributed by atoms with E-state index in [0.717, 1.165) is 19.6 Å². The van der Waals surface area contributed by atoms with Crippen LogP contribution in [0.3, 0.4) is 0 Å². The van der Waals surface area contributed by atoms with Crippen molar-refractivity contribution < 1.29 is 9.53 Å². The molecule has 2 heterocycles. The third-order valence-electron chi connectivity index (χ3n) is 3.57. The smallest absolute Gasteiger partial charge is 0.341 e. The highest BCUT2D eigenvalue weighted by atomic mass is 16.5. The maximum atomic E-state index is 12.0. The fraction of sp³-hybridized carbons (Fsp3) is 0.600. The molecule has 1 unspecified atom stereocenters. The van der Waals surface area contributed by atoms with E-state index < -0.39 is 0 Å². The number of nitrogens with one attached hydrogen (secondary N) is 1. The van der Waals surface area contributed by atoms with Gasteiger partial charge in [0, 0.05) is 19.8 Å². The number of hydrogen-bond donors (Lipinski definition) is 1. The van der Waals surface area contributed by atoms with Gasteiger partial charge in [0.25, 0.3) is 0 Å². The van der Waals surface area contributed by atoms with E-state index in [1.165, 1.54) is 12.8 Å². The third-order valence-corrected chi connectivity index (χ3v) is 3.57. The van der Waals surface area contributed by atoms with Crippen LogP contribution < -0.4 is 10.2 Å². The molecule has 1 aliphatic rings. The van der Waals surface area contributed by atoms with Crippen molar-refractivity contribution in [1.29, 1.82) is 0 Å². The lowest BCUT2D eigenvalue weighted by atomic mass is 9.99. The molecular weight excluding hydrogens is 254 g/mol. The number of piperidine rings is 1. The normalized spacial score (nSPS) is 18.6. The molecule has 0 spiro atoms. The molecule has 1 aromatic rings. The molecule has 2 rings (SSSR count). The highest BCUT2D eigenvalue weighted by molar-refractivity contribution is 5.94. The van der Waals surface area contributed by atoms with Crippen molar-refractivity contribution in [3.8, 4) is 0 Å². The molecule has 1 atom stereocenters. The molecule has 5 heteroatoms. The molecule has 0 bridgehead atoms. The Morgan fingerprint density at radius 2 is 2.45 bits per heavy atom. The van der Waals surface area contributed by atoms with E-state index in [-0.39, 0.29) is 5.97 Å². The molecule has 1 aromatic heterocycles. The maximum Gasteiger partial charge on any atom is 0.341 e. The first-order valence-electron chi connectivity index (χ1n) is 7.26. The first kappa shape index (κ1) is 14.8. The molecule has 0 aliphatic carbocycles. The summed E-state index contributed by atoms with van der Waals surface area (Å²) in [5.41, 5.74) is 0.542. The summed E-state index contributed by atoms with van der Waals surface area (Å²) in [5, 5.41) is 3.41. The Hall–Kier alpha value is -1.62. The van der Waals surface area contributed by atoms with Crippen LogP contribution in [0.25, 0.3) is 0 Å². The molecule has 0 amide bonds. The van der Waals surface area contributed by atoms with Crippen LogP contribution in [0.1, 0.15) is 30.1 Å². The fourth-order valence-corrected chi connectivity index (χ4v) is 2.62. The number of carbonyl (C=O) groups is 1. The summed E-state index contributed by atoms with van der Waals surface area (Å²) in [4.78, 5) is 18.4. The molecule has 5 nitrogen and oxygen atoms in total. The van der Waals surface area contributed by atoms with E-state index in [9.17, 15) is 4.79 Å². The number of ether oxygens (including phenoxy) is 1. The minimum Gasteiger partial charge on any atom is -0.462 e. The number of pyridine rings is 1. The van der Waals surface area contributed by atoms with Crippen LogP contribution in [-0.4, -0.2) is 44.2 Å². The number of rotatable bonds is 5. The Kier molecular flexibility index (Phi) is 5.35. The van der Waals surface area contributed by atoms with Crippen LogP contribution in [0.2, 0.25) is 0 Å². The van der Waals surface area contributed by atoms with Crippen LogP contribution in [-0.2, 0) is 4.74 Å². The topological polar surface area (TPSA) is 54.5 Å². The van der Waals surface area contributed by atoms with Gasteiger partial charge in [0.05, 0.1) is 6.61 Å². The highest BCUT2D eigenvalue weighted by Crippen LogP contribution is 2.20. The molecule has 20 heavy (non-hydrogen) atoms. The van der Waals surface area contributed by atoms with Gasteiger partial charge in [-0.3, -0.25) is 0 Å². The lowest BCUT2D eigenvalue weighted by molar-refractivity contribution is 0.0526. The summed E-state index contributed by atoms with van der Waals surface area (Å²) in [5.74, 6) is 1.01. The number of nitrogens with zero attached hydrogens (tertiary/aromatic N) is 2. The first-order valence-corrected chi connectivity index (χ1v) is 7.26. The summed E-state index contributed by atoms with van der Waals surface area (Å²) in [6.07, 6.45) is 4.15. The Labute approximate surface area is 120 Å². The van der Waals surface area contributed by atoms with Gasteiger partial charge in [0.2, 0.25) is 0 Å². The van der Waals surface area contributed by atoms with Crippen molar-refractivity contribution in [3.05, 3.63) is 23.9 Å². The number of aromatic nitrogens is 1. The van der Waals surface area contributed by atoms with Crippen molar-refractivity contribution in [1.82, 2.24) is 10.3 Å². The van der Waals surface area contributed by atoms with Crippen molar-refractivity contribution >= 4 is 11.8 Å². The first-order chi connectivity index (χ1) is 9.72. The SMILES string of the molecule is CCOC(=O)c1cccnc1N(C)CC1CCCNC1.